The van der Waals surface area contributed by atoms with Gasteiger partial charge in [0, 0.05) is 6.04 Å². The van der Waals surface area contributed by atoms with Crippen LogP contribution in [0.25, 0.3) is 0 Å². The summed E-state index contributed by atoms with van der Waals surface area (Å²) in [5.41, 5.74) is 1.75. The topological polar surface area (TPSA) is 12.0 Å². The Morgan fingerprint density at radius 3 is 2.71 bits per heavy atom. The van der Waals surface area contributed by atoms with Crippen molar-refractivity contribution in [1.29, 1.82) is 0 Å². The van der Waals surface area contributed by atoms with E-state index in [1.807, 2.05) is 13.0 Å². The molecule has 0 saturated heterocycles. The summed E-state index contributed by atoms with van der Waals surface area (Å²) in [6, 6.07) is 5.66. The second-order valence-corrected chi connectivity index (χ2v) is 4.29. The van der Waals surface area contributed by atoms with Gasteiger partial charge in [-0.2, -0.15) is 0 Å². The van der Waals surface area contributed by atoms with Gasteiger partial charge in [0.05, 0.1) is 5.69 Å². The van der Waals surface area contributed by atoms with Gasteiger partial charge in [0.2, 0.25) is 0 Å². The number of benzene rings is 1. The van der Waals surface area contributed by atoms with Crippen molar-refractivity contribution in [2.45, 2.75) is 32.7 Å². The minimum atomic E-state index is -0.144. The fourth-order valence-electron chi connectivity index (χ4n) is 1.83. The molecule has 1 aromatic rings. The molecule has 1 saturated carbocycles. The maximum absolute atomic E-state index is 13.4. The third-order valence-corrected chi connectivity index (χ3v) is 3.08. The predicted molar refractivity (Wildman–Crippen MR) is 56.9 cm³/mol. The second kappa shape index (κ2) is 3.60. The Bertz CT molecular complexity index is 335. The molecule has 0 amide bonds. The first-order valence-electron chi connectivity index (χ1n) is 5.19. The number of nitrogens with one attached hydrogen (secondary N) is 1. The normalized spacial score (nSPS) is 25.6. The molecule has 0 radical (unpaired) electrons. The number of rotatable bonds is 2. The SMILES string of the molecule is Cc1ccc(F)c(NC2CCC2C)c1. The molecule has 2 heteroatoms. The van der Waals surface area contributed by atoms with Crippen molar-refractivity contribution in [3.63, 3.8) is 0 Å². The van der Waals surface area contributed by atoms with E-state index in [4.69, 9.17) is 0 Å². The summed E-state index contributed by atoms with van der Waals surface area (Å²) in [5.74, 6) is 0.532. The van der Waals surface area contributed by atoms with Crippen molar-refractivity contribution < 1.29 is 4.39 Å². The fraction of sp³-hybridized carbons (Fsp3) is 0.500. The zero-order valence-electron chi connectivity index (χ0n) is 8.68. The third kappa shape index (κ3) is 1.74. The Balaban J connectivity index is 2.11. The van der Waals surface area contributed by atoms with Crippen molar-refractivity contribution >= 4 is 5.69 Å². The quantitative estimate of drug-likeness (QED) is 0.759. The Morgan fingerprint density at radius 2 is 2.14 bits per heavy atom. The Labute approximate surface area is 84.3 Å². The van der Waals surface area contributed by atoms with Crippen molar-refractivity contribution in [2.75, 3.05) is 5.32 Å². The largest absolute Gasteiger partial charge is 0.380 e. The Hall–Kier alpha value is -1.05. The van der Waals surface area contributed by atoms with E-state index in [0.29, 0.717) is 17.6 Å². The average molecular weight is 193 g/mol. The number of anilines is 1. The highest BCUT2D eigenvalue weighted by Gasteiger charge is 2.26. The summed E-state index contributed by atoms with van der Waals surface area (Å²) in [4.78, 5) is 0. The lowest BCUT2D eigenvalue weighted by atomic mass is 9.81. The summed E-state index contributed by atoms with van der Waals surface area (Å²) in [6.45, 7) is 4.18. The van der Waals surface area contributed by atoms with Gasteiger partial charge in [-0.15, -0.1) is 0 Å². The molecule has 0 aliphatic heterocycles. The summed E-state index contributed by atoms with van der Waals surface area (Å²) in [7, 11) is 0. The molecule has 0 aromatic heterocycles. The van der Waals surface area contributed by atoms with Crippen LogP contribution in [-0.4, -0.2) is 6.04 Å². The Morgan fingerprint density at radius 1 is 1.36 bits per heavy atom. The van der Waals surface area contributed by atoms with Crippen molar-refractivity contribution in [3.8, 4) is 0 Å². The highest BCUT2D eigenvalue weighted by molar-refractivity contribution is 5.48. The summed E-state index contributed by atoms with van der Waals surface area (Å²) >= 11 is 0. The summed E-state index contributed by atoms with van der Waals surface area (Å²) in [6.07, 6.45) is 2.42. The summed E-state index contributed by atoms with van der Waals surface area (Å²) in [5, 5.41) is 3.26. The molecule has 0 bridgehead atoms. The number of hydrogen-bond donors (Lipinski definition) is 1. The van der Waals surface area contributed by atoms with Gasteiger partial charge >= 0.3 is 0 Å². The van der Waals surface area contributed by atoms with Crippen LogP contribution >= 0.6 is 0 Å². The highest BCUT2D eigenvalue weighted by Crippen LogP contribution is 2.30. The van der Waals surface area contributed by atoms with E-state index in [9.17, 15) is 4.39 Å². The summed E-state index contributed by atoms with van der Waals surface area (Å²) < 4.78 is 13.4. The van der Waals surface area contributed by atoms with Gasteiger partial charge < -0.3 is 5.32 Å². The van der Waals surface area contributed by atoms with Crippen LogP contribution in [0.1, 0.15) is 25.3 Å². The first-order chi connectivity index (χ1) is 6.66. The molecule has 1 aromatic carbocycles. The van der Waals surface area contributed by atoms with Crippen LogP contribution < -0.4 is 5.32 Å². The lowest BCUT2D eigenvalue weighted by Gasteiger charge is -2.35. The van der Waals surface area contributed by atoms with Gasteiger partial charge in [-0.3, -0.25) is 0 Å². The lowest BCUT2D eigenvalue weighted by molar-refractivity contribution is 0.303. The highest BCUT2D eigenvalue weighted by atomic mass is 19.1. The van der Waals surface area contributed by atoms with Crippen LogP contribution in [0.3, 0.4) is 0 Å². The average Bonchev–Trinajstić information content (AvgIpc) is 2.17. The van der Waals surface area contributed by atoms with Gasteiger partial charge in [0.1, 0.15) is 5.82 Å². The van der Waals surface area contributed by atoms with E-state index in [1.165, 1.54) is 12.5 Å². The molecule has 2 rings (SSSR count). The molecule has 2 atom stereocenters. The van der Waals surface area contributed by atoms with Crippen LogP contribution in [0.2, 0.25) is 0 Å². The third-order valence-electron chi connectivity index (χ3n) is 3.08. The van der Waals surface area contributed by atoms with Crippen molar-refractivity contribution in [3.05, 3.63) is 29.6 Å². The monoisotopic (exact) mass is 193 g/mol. The van der Waals surface area contributed by atoms with Crippen LogP contribution in [-0.2, 0) is 0 Å². The van der Waals surface area contributed by atoms with Gasteiger partial charge in [0.15, 0.2) is 0 Å². The standard InChI is InChI=1S/C12H16FN/c1-8-3-5-10(13)12(7-8)14-11-6-4-9(11)2/h3,5,7,9,11,14H,4,6H2,1-2H3. The number of halogens is 1. The lowest BCUT2D eigenvalue weighted by Crippen LogP contribution is -2.36. The molecular formula is C12H16FN. The molecule has 2 unspecified atom stereocenters. The van der Waals surface area contributed by atoms with Gasteiger partial charge in [0.25, 0.3) is 0 Å². The first-order valence-corrected chi connectivity index (χ1v) is 5.19. The molecular weight excluding hydrogens is 177 g/mol. The molecule has 76 valence electrons. The van der Waals surface area contributed by atoms with E-state index in [2.05, 4.69) is 12.2 Å². The second-order valence-electron chi connectivity index (χ2n) is 4.29. The van der Waals surface area contributed by atoms with E-state index >= 15 is 0 Å². The zero-order chi connectivity index (χ0) is 10.1. The fourth-order valence-corrected chi connectivity index (χ4v) is 1.83. The predicted octanol–water partition coefficient (Wildman–Crippen LogP) is 3.34. The maximum Gasteiger partial charge on any atom is 0.146 e. The Kier molecular flexibility index (Phi) is 2.44. The molecule has 1 fully saturated rings. The number of hydrogen-bond acceptors (Lipinski definition) is 1. The molecule has 1 aliphatic carbocycles. The van der Waals surface area contributed by atoms with Crippen LogP contribution in [0.4, 0.5) is 10.1 Å². The molecule has 1 N–H and O–H groups in total. The van der Waals surface area contributed by atoms with Gasteiger partial charge in [-0.05, 0) is 43.4 Å². The van der Waals surface area contributed by atoms with E-state index in [1.54, 1.807) is 6.07 Å². The first kappa shape index (κ1) is 9.50. The van der Waals surface area contributed by atoms with Crippen LogP contribution in [0, 0.1) is 18.7 Å². The van der Waals surface area contributed by atoms with Gasteiger partial charge in [-0.25, -0.2) is 4.39 Å². The van der Waals surface area contributed by atoms with E-state index in [-0.39, 0.29) is 5.82 Å². The molecule has 0 spiro atoms. The van der Waals surface area contributed by atoms with Gasteiger partial charge in [-0.1, -0.05) is 13.0 Å². The van der Waals surface area contributed by atoms with E-state index < -0.39 is 0 Å². The molecule has 1 nitrogen and oxygen atoms in total. The van der Waals surface area contributed by atoms with E-state index in [0.717, 1.165) is 12.0 Å². The van der Waals surface area contributed by atoms with Crippen LogP contribution in [0.5, 0.6) is 0 Å². The van der Waals surface area contributed by atoms with Crippen LogP contribution in [0.15, 0.2) is 18.2 Å². The van der Waals surface area contributed by atoms with Crippen molar-refractivity contribution in [1.82, 2.24) is 0 Å². The number of aryl methyl sites for hydroxylation is 1. The molecule has 1 aliphatic rings. The van der Waals surface area contributed by atoms with Crippen molar-refractivity contribution in [2.24, 2.45) is 5.92 Å². The minimum Gasteiger partial charge on any atom is -0.380 e. The molecule has 0 heterocycles. The smallest absolute Gasteiger partial charge is 0.146 e. The molecule has 14 heavy (non-hydrogen) atoms. The zero-order valence-corrected chi connectivity index (χ0v) is 8.68. The maximum atomic E-state index is 13.4. The minimum absolute atomic E-state index is 0.144.